The van der Waals surface area contributed by atoms with Crippen molar-refractivity contribution < 1.29 is 22.7 Å². The number of hydrogen-bond acceptors (Lipinski definition) is 5. The Bertz CT molecular complexity index is 1110. The van der Waals surface area contributed by atoms with E-state index >= 15 is 0 Å². The second-order valence-corrected chi connectivity index (χ2v) is 9.80. The van der Waals surface area contributed by atoms with Crippen LogP contribution in [0.1, 0.15) is 32.8 Å². The highest BCUT2D eigenvalue weighted by Gasteiger charge is 2.35. The lowest BCUT2D eigenvalue weighted by atomic mass is 10.1. The molecule has 2 amide bonds. The van der Waals surface area contributed by atoms with Gasteiger partial charge in [-0.3, -0.25) is 9.59 Å². The summed E-state index contributed by atoms with van der Waals surface area (Å²) in [5.41, 5.74) is 2.19. The number of carbonyl (C=O) groups excluding carboxylic acids is 2. The summed E-state index contributed by atoms with van der Waals surface area (Å²) in [4.78, 5) is 27.3. The molecule has 2 aromatic carbocycles. The summed E-state index contributed by atoms with van der Waals surface area (Å²) in [6, 6.07) is 12.1. The van der Waals surface area contributed by atoms with E-state index in [4.69, 9.17) is 4.74 Å². The van der Waals surface area contributed by atoms with Gasteiger partial charge >= 0.3 is 0 Å². The first-order valence-electron chi connectivity index (χ1n) is 11.1. The summed E-state index contributed by atoms with van der Waals surface area (Å²) in [5, 5.41) is 2.78. The average molecular weight is 474 g/mol. The van der Waals surface area contributed by atoms with Crippen LogP contribution in [0.25, 0.3) is 0 Å². The highest BCUT2D eigenvalue weighted by atomic mass is 32.2. The molecule has 1 saturated heterocycles. The first kappa shape index (κ1) is 24.7. The molecule has 9 heteroatoms. The molecule has 0 saturated carbocycles. The van der Waals surface area contributed by atoms with Crippen molar-refractivity contribution in [3.8, 4) is 5.75 Å². The summed E-state index contributed by atoms with van der Waals surface area (Å²) in [6.07, 6.45) is 0.991. The number of benzene rings is 2. The van der Waals surface area contributed by atoms with Gasteiger partial charge in [0.15, 0.2) is 0 Å². The van der Waals surface area contributed by atoms with Crippen molar-refractivity contribution in [2.45, 2.75) is 38.5 Å². The van der Waals surface area contributed by atoms with Crippen molar-refractivity contribution in [3.05, 3.63) is 48.0 Å². The van der Waals surface area contributed by atoms with E-state index in [-0.39, 0.29) is 35.4 Å². The second-order valence-electron chi connectivity index (χ2n) is 7.87. The number of carbonyl (C=O) groups is 2. The highest BCUT2D eigenvalue weighted by Crippen LogP contribution is 2.31. The molecule has 0 bridgehead atoms. The van der Waals surface area contributed by atoms with Crippen LogP contribution in [0.5, 0.6) is 5.75 Å². The van der Waals surface area contributed by atoms with Gasteiger partial charge in [0.25, 0.3) is 0 Å². The number of rotatable bonds is 9. The molecule has 1 fully saturated rings. The van der Waals surface area contributed by atoms with E-state index in [2.05, 4.69) is 12.2 Å². The van der Waals surface area contributed by atoms with Crippen LogP contribution in [-0.2, 0) is 26.0 Å². The molecule has 3 rings (SSSR count). The maximum absolute atomic E-state index is 13.0. The lowest BCUT2D eigenvalue weighted by Crippen LogP contribution is -2.31. The van der Waals surface area contributed by atoms with E-state index < -0.39 is 15.9 Å². The maximum Gasteiger partial charge on any atom is 0.243 e. The number of aryl methyl sites for hydroxylation is 1. The Morgan fingerprint density at radius 1 is 1.12 bits per heavy atom. The third-order valence-electron chi connectivity index (χ3n) is 5.92. The number of nitrogens with one attached hydrogen (secondary N) is 1. The maximum atomic E-state index is 13.0. The van der Waals surface area contributed by atoms with Gasteiger partial charge in [0.05, 0.1) is 23.6 Å². The quantitative estimate of drug-likeness (QED) is 0.603. The summed E-state index contributed by atoms with van der Waals surface area (Å²) >= 11 is 0. The molecule has 1 atom stereocenters. The van der Waals surface area contributed by atoms with E-state index in [0.29, 0.717) is 18.8 Å². The second kappa shape index (κ2) is 10.4. The van der Waals surface area contributed by atoms with Gasteiger partial charge in [0.1, 0.15) is 5.75 Å². The number of anilines is 2. The Hall–Kier alpha value is -2.91. The van der Waals surface area contributed by atoms with Crippen molar-refractivity contribution >= 4 is 33.2 Å². The highest BCUT2D eigenvalue weighted by molar-refractivity contribution is 7.89. The molecule has 178 valence electrons. The lowest BCUT2D eigenvalue weighted by Gasteiger charge is -2.20. The van der Waals surface area contributed by atoms with Gasteiger partial charge in [-0.15, -0.1) is 0 Å². The van der Waals surface area contributed by atoms with Crippen LogP contribution in [0.3, 0.4) is 0 Å². The summed E-state index contributed by atoms with van der Waals surface area (Å²) < 4.78 is 32.5. The molecular weight excluding hydrogens is 442 g/mol. The first-order chi connectivity index (χ1) is 15.7. The number of sulfonamides is 1. The Labute approximate surface area is 195 Å². The average Bonchev–Trinajstić information content (AvgIpc) is 3.21. The first-order valence-corrected chi connectivity index (χ1v) is 12.6. The summed E-state index contributed by atoms with van der Waals surface area (Å²) in [6.45, 7) is 6.54. The van der Waals surface area contributed by atoms with Crippen LogP contribution >= 0.6 is 0 Å². The number of ether oxygens (including phenoxy) is 1. The Morgan fingerprint density at radius 2 is 1.79 bits per heavy atom. The molecular formula is C24H31N3O5S. The summed E-state index contributed by atoms with van der Waals surface area (Å²) in [7, 11) is -2.25. The van der Waals surface area contributed by atoms with Crippen molar-refractivity contribution in [2.75, 3.05) is 37.0 Å². The molecule has 33 heavy (non-hydrogen) atoms. The van der Waals surface area contributed by atoms with E-state index in [1.165, 1.54) is 35.2 Å². The predicted octanol–water partition coefficient (Wildman–Crippen LogP) is 3.28. The van der Waals surface area contributed by atoms with E-state index in [1.807, 2.05) is 24.3 Å². The Balaban J connectivity index is 1.80. The minimum Gasteiger partial charge on any atom is -0.495 e. The third-order valence-corrected chi connectivity index (χ3v) is 7.97. The van der Waals surface area contributed by atoms with Crippen LogP contribution in [-0.4, -0.2) is 51.3 Å². The zero-order valence-electron chi connectivity index (χ0n) is 19.5. The monoisotopic (exact) mass is 473 g/mol. The van der Waals surface area contributed by atoms with E-state index in [9.17, 15) is 18.0 Å². The van der Waals surface area contributed by atoms with Gasteiger partial charge in [-0.2, -0.15) is 4.31 Å². The van der Waals surface area contributed by atoms with Crippen LogP contribution in [0, 0.1) is 5.92 Å². The number of methoxy groups -OCH3 is 1. The van der Waals surface area contributed by atoms with Crippen molar-refractivity contribution in [2.24, 2.45) is 5.92 Å². The molecule has 1 aliphatic heterocycles. The SMILES string of the molecule is CCc1ccc(N2C[C@H](C(=O)Nc3cc(S(=O)(=O)N(CC)CC)ccc3OC)CC2=O)cc1. The number of hydrogen-bond donors (Lipinski definition) is 1. The number of amides is 2. The zero-order valence-corrected chi connectivity index (χ0v) is 20.3. The van der Waals surface area contributed by atoms with Gasteiger partial charge in [-0.25, -0.2) is 8.42 Å². The fourth-order valence-electron chi connectivity index (χ4n) is 3.94. The van der Waals surface area contributed by atoms with Gasteiger partial charge in [-0.05, 0) is 42.3 Å². The van der Waals surface area contributed by atoms with Crippen LogP contribution in [0.15, 0.2) is 47.4 Å². The van der Waals surface area contributed by atoms with Crippen LogP contribution in [0.4, 0.5) is 11.4 Å². The normalized spacial score (nSPS) is 16.3. The van der Waals surface area contributed by atoms with E-state index in [1.54, 1.807) is 18.7 Å². The molecule has 1 heterocycles. The minimum atomic E-state index is -3.70. The van der Waals surface area contributed by atoms with E-state index in [0.717, 1.165) is 12.1 Å². The molecule has 8 nitrogen and oxygen atoms in total. The molecule has 0 aromatic heterocycles. The lowest BCUT2D eigenvalue weighted by molar-refractivity contribution is -0.122. The van der Waals surface area contributed by atoms with Gasteiger partial charge in [0, 0.05) is 31.7 Å². The molecule has 1 N–H and O–H groups in total. The third kappa shape index (κ3) is 5.20. The van der Waals surface area contributed by atoms with Crippen LogP contribution in [0.2, 0.25) is 0 Å². The fraction of sp³-hybridized carbons (Fsp3) is 0.417. The van der Waals surface area contributed by atoms with Crippen molar-refractivity contribution in [3.63, 3.8) is 0 Å². The largest absolute Gasteiger partial charge is 0.495 e. The van der Waals surface area contributed by atoms with Gasteiger partial charge < -0.3 is 15.0 Å². The molecule has 0 spiro atoms. The molecule has 2 aromatic rings. The minimum absolute atomic E-state index is 0.0717. The molecule has 1 aliphatic rings. The molecule has 0 aliphatic carbocycles. The molecule has 0 unspecified atom stereocenters. The zero-order chi connectivity index (χ0) is 24.2. The van der Waals surface area contributed by atoms with Crippen molar-refractivity contribution in [1.29, 1.82) is 0 Å². The number of nitrogens with zero attached hydrogens (tertiary/aromatic N) is 2. The van der Waals surface area contributed by atoms with Gasteiger partial charge in [-0.1, -0.05) is 32.9 Å². The fourth-order valence-corrected chi connectivity index (χ4v) is 5.42. The molecule has 0 radical (unpaired) electrons. The standard InChI is InChI=1S/C24H31N3O5S/c1-5-17-8-10-19(11-9-17)27-16-18(14-23(27)28)24(29)25-21-15-20(12-13-22(21)32-4)33(30,31)26(6-2)7-3/h8-13,15,18H,5-7,14,16H2,1-4H3,(H,25,29)/t18-/m1/s1. The summed E-state index contributed by atoms with van der Waals surface area (Å²) in [5.74, 6) is -0.690. The smallest absolute Gasteiger partial charge is 0.243 e. The Kier molecular flexibility index (Phi) is 7.76. The Morgan fingerprint density at radius 3 is 2.36 bits per heavy atom. The predicted molar refractivity (Wildman–Crippen MR) is 128 cm³/mol. The topological polar surface area (TPSA) is 96.0 Å². The van der Waals surface area contributed by atoms with Gasteiger partial charge in [0.2, 0.25) is 21.8 Å². The van der Waals surface area contributed by atoms with Crippen molar-refractivity contribution in [1.82, 2.24) is 4.31 Å². The van der Waals surface area contributed by atoms with Crippen LogP contribution < -0.4 is 15.0 Å².